The zero-order valence-corrected chi connectivity index (χ0v) is 14.2. The standard InChI is InChI=1S/C17H29N3O2/c1-16(2,3)14-9-12(18-19-14)11-20-8-7-17(22-4)6-5-13(21)10-15(17)20/h9,13,15,21H,5-8,10-11H2,1-4H3,(H,18,19). The Labute approximate surface area is 133 Å². The van der Waals surface area contributed by atoms with Crippen LogP contribution in [0.25, 0.3) is 0 Å². The first-order chi connectivity index (χ1) is 10.3. The lowest BCUT2D eigenvalue weighted by molar-refractivity contribution is -0.0880. The molecule has 5 heteroatoms. The third-order valence-corrected chi connectivity index (χ3v) is 5.45. The van der Waals surface area contributed by atoms with Crippen LogP contribution in [0.4, 0.5) is 0 Å². The van der Waals surface area contributed by atoms with Crippen molar-refractivity contribution in [3.8, 4) is 0 Å². The summed E-state index contributed by atoms with van der Waals surface area (Å²) in [5, 5.41) is 17.7. The molecule has 0 radical (unpaired) electrons. The Morgan fingerprint density at radius 2 is 2.23 bits per heavy atom. The normalized spacial score (nSPS) is 33.1. The highest BCUT2D eigenvalue weighted by molar-refractivity contribution is 5.17. The second kappa shape index (κ2) is 5.62. The van der Waals surface area contributed by atoms with Crippen molar-refractivity contribution in [2.24, 2.45) is 0 Å². The van der Waals surface area contributed by atoms with Crippen molar-refractivity contribution in [1.82, 2.24) is 15.1 Å². The molecule has 22 heavy (non-hydrogen) atoms. The molecule has 2 N–H and O–H groups in total. The van der Waals surface area contributed by atoms with Crippen LogP contribution in [-0.2, 0) is 16.7 Å². The van der Waals surface area contributed by atoms with Gasteiger partial charge in [-0.2, -0.15) is 5.10 Å². The number of nitrogens with one attached hydrogen (secondary N) is 1. The lowest BCUT2D eigenvalue weighted by Gasteiger charge is -2.42. The van der Waals surface area contributed by atoms with Gasteiger partial charge < -0.3 is 9.84 Å². The molecular formula is C17H29N3O2. The van der Waals surface area contributed by atoms with E-state index in [4.69, 9.17) is 4.74 Å². The highest BCUT2D eigenvalue weighted by atomic mass is 16.5. The molecule has 2 aliphatic rings. The Balaban J connectivity index is 1.74. The monoisotopic (exact) mass is 307 g/mol. The van der Waals surface area contributed by atoms with Crippen LogP contribution in [0.3, 0.4) is 0 Å². The van der Waals surface area contributed by atoms with Gasteiger partial charge in [0.1, 0.15) is 0 Å². The molecule has 5 nitrogen and oxygen atoms in total. The summed E-state index contributed by atoms with van der Waals surface area (Å²) in [7, 11) is 1.82. The number of hydrogen-bond donors (Lipinski definition) is 2. The van der Waals surface area contributed by atoms with Crippen molar-refractivity contribution in [2.45, 2.75) is 76.2 Å². The van der Waals surface area contributed by atoms with Crippen LogP contribution in [0.5, 0.6) is 0 Å². The number of ether oxygens (including phenoxy) is 1. The number of H-pyrrole nitrogens is 1. The van der Waals surface area contributed by atoms with Gasteiger partial charge in [-0.1, -0.05) is 20.8 Å². The van der Waals surface area contributed by atoms with Gasteiger partial charge in [0, 0.05) is 37.4 Å². The fourth-order valence-corrected chi connectivity index (χ4v) is 4.01. The Morgan fingerprint density at radius 3 is 2.86 bits per heavy atom. The van der Waals surface area contributed by atoms with E-state index in [0.717, 1.165) is 50.2 Å². The average molecular weight is 307 g/mol. The minimum absolute atomic E-state index is 0.0634. The van der Waals surface area contributed by atoms with Crippen LogP contribution in [0.15, 0.2) is 6.07 Å². The summed E-state index contributed by atoms with van der Waals surface area (Å²) >= 11 is 0. The molecule has 1 saturated heterocycles. The first-order valence-electron chi connectivity index (χ1n) is 8.36. The molecule has 124 valence electrons. The lowest BCUT2D eigenvalue weighted by Crippen LogP contribution is -2.51. The molecule has 3 unspecified atom stereocenters. The maximum absolute atomic E-state index is 10.1. The first kappa shape index (κ1) is 16.0. The number of aromatic amines is 1. The summed E-state index contributed by atoms with van der Waals surface area (Å²) in [6, 6.07) is 2.48. The highest BCUT2D eigenvalue weighted by Crippen LogP contribution is 2.42. The third kappa shape index (κ3) is 2.82. The molecule has 2 fully saturated rings. The summed E-state index contributed by atoms with van der Waals surface area (Å²) in [6.45, 7) is 8.41. The maximum atomic E-state index is 10.1. The fourth-order valence-electron chi connectivity index (χ4n) is 4.01. The number of methoxy groups -OCH3 is 1. The van der Waals surface area contributed by atoms with Gasteiger partial charge in [-0.3, -0.25) is 10.00 Å². The molecule has 1 aliphatic heterocycles. The van der Waals surface area contributed by atoms with Crippen molar-refractivity contribution < 1.29 is 9.84 Å². The summed E-state index contributed by atoms with van der Waals surface area (Å²) in [5.41, 5.74) is 2.25. The molecule has 1 aromatic heterocycles. The highest BCUT2D eigenvalue weighted by Gasteiger charge is 2.50. The Hall–Kier alpha value is -0.910. The second-order valence-corrected chi connectivity index (χ2v) is 7.96. The van der Waals surface area contributed by atoms with Gasteiger partial charge in [0.2, 0.25) is 0 Å². The molecule has 1 aromatic rings. The van der Waals surface area contributed by atoms with Gasteiger partial charge in [-0.15, -0.1) is 0 Å². The van der Waals surface area contributed by atoms with E-state index in [2.05, 4.69) is 41.9 Å². The van der Waals surface area contributed by atoms with Crippen molar-refractivity contribution >= 4 is 0 Å². The van der Waals surface area contributed by atoms with E-state index < -0.39 is 0 Å². The Kier molecular flexibility index (Phi) is 4.08. The van der Waals surface area contributed by atoms with Crippen LogP contribution in [0.2, 0.25) is 0 Å². The number of aliphatic hydroxyl groups is 1. The minimum Gasteiger partial charge on any atom is -0.393 e. The number of aromatic nitrogens is 2. The van der Waals surface area contributed by atoms with Gasteiger partial charge in [-0.05, 0) is 31.7 Å². The van der Waals surface area contributed by atoms with E-state index in [9.17, 15) is 5.11 Å². The predicted molar refractivity (Wildman–Crippen MR) is 85.7 cm³/mol. The number of hydrogen-bond acceptors (Lipinski definition) is 4. The van der Waals surface area contributed by atoms with Gasteiger partial charge >= 0.3 is 0 Å². The van der Waals surface area contributed by atoms with Gasteiger partial charge in [-0.25, -0.2) is 0 Å². The number of nitrogens with zero attached hydrogens (tertiary/aromatic N) is 2. The number of aliphatic hydroxyl groups excluding tert-OH is 1. The molecular weight excluding hydrogens is 278 g/mol. The predicted octanol–water partition coefficient (Wildman–Crippen LogP) is 2.21. The molecule has 2 heterocycles. The van der Waals surface area contributed by atoms with E-state index in [0.29, 0.717) is 6.04 Å². The van der Waals surface area contributed by atoms with Crippen LogP contribution < -0.4 is 0 Å². The molecule has 1 aliphatic carbocycles. The number of rotatable bonds is 3. The largest absolute Gasteiger partial charge is 0.393 e. The quantitative estimate of drug-likeness (QED) is 0.899. The Morgan fingerprint density at radius 1 is 1.45 bits per heavy atom. The number of fused-ring (bicyclic) bond motifs is 1. The van der Waals surface area contributed by atoms with Gasteiger partial charge in [0.15, 0.2) is 0 Å². The molecule has 3 atom stereocenters. The molecule has 0 spiro atoms. The summed E-state index contributed by atoms with van der Waals surface area (Å²) in [5.74, 6) is 0. The van der Waals surface area contributed by atoms with E-state index in [1.807, 2.05) is 7.11 Å². The van der Waals surface area contributed by atoms with Crippen molar-refractivity contribution in [3.63, 3.8) is 0 Å². The molecule has 0 amide bonds. The smallest absolute Gasteiger partial charge is 0.0847 e. The molecule has 1 saturated carbocycles. The minimum atomic E-state index is -0.194. The SMILES string of the molecule is COC12CCC(O)CC1N(Cc1cc(C(C)(C)C)n[nH]1)CC2. The van der Waals surface area contributed by atoms with Crippen molar-refractivity contribution in [1.29, 1.82) is 0 Å². The van der Waals surface area contributed by atoms with E-state index >= 15 is 0 Å². The topological polar surface area (TPSA) is 61.4 Å². The average Bonchev–Trinajstić information content (AvgIpc) is 3.05. The summed E-state index contributed by atoms with van der Waals surface area (Å²) in [6.07, 6.45) is 3.49. The number of likely N-dealkylation sites (tertiary alicyclic amines) is 1. The van der Waals surface area contributed by atoms with Gasteiger partial charge in [0.05, 0.1) is 17.4 Å². The summed E-state index contributed by atoms with van der Waals surface area (Å²) in [4.78, 5) is 2.45. The molecule has 0 bridgehead atoms. The summed E-state index contributed by atoms with van der Waals surface area (Å²) < 4.78 is 5.90. The van der Waals surface area contributed by atoms with Crippen molar-refractivity contribution in [2.75, 3.05) is 13.7 Å². The molecule has 3 rings (SSSR count). The third-order valence-electron chi connectivity index (χ3n) is 5.45. The van der Waals surface area contributed by atoms with Gasteiger partial charge in [0.25, 0.3) is 0 Å². The van der Waals surface area contributed by atoms with Crippen LogP contribution in [-0.4, -0.2) is 51.6 Å². The fraction of sp³-hybridized carbons (Fsp3) is 0.824. The van der Waals surface area contributed by atoms with Crippen molar-refractivity contribution in [3.05, 3.63) is 17.5 Å². The first-order valence-corrected chi connectivity index (χ1v) is 8.36. The van der Waals surface area contributed by atoms with E-state index in [1.165, 1.54) is 0 Å². The zero-order chi connectivity index (χ0) is 16.0. The van der Waals surface area contributed by atoms with Crippen LogP contribution in [0.1, 0.15) is 57.8 Å². The lowest BCUT2D eigenvalue weighted by atomic mass is 9.79. The maximum Gasteiger partial charge on any atom is 0.0847 e. The van der Waals surface area contributed by atoms with Crippen LogP contribution >= 0.6 is 0 Å². The Bertz CT molecular complexity index is 522. The zero-order valence-electron chi connectivity index (χ0n) is 14.2. The van der Waals surface area contributed by atoms with E-state index in [-0.39, 0.29) is 17.1 Å². The molecule has 0 aromatic carbocycles. The van der Waals surface area contributed by atoms with E-state index in [1.54, 1.807) is 0 Å². The van der Waals surface area contributed by atoms with Crippen LogP contribution in [0, 0.1) is 0 Å². The second-order valence-electron chi connectivity index (χ2n) is 7.96.